The molecule has 0 bridgehead atoms. The van der Waals surface area contributed by atoms with E-state index in [1.165, 1.54) is 11.8 Å². The lowest BCUT2D eigenvalue weighted by Gasteiger charge is -2.26. The van der Waals surface area contributed by atoms with Gasteiger partial charge in [0.2, 0.25) is 5.89 Å². The summed E-state index contributed by atoms with van der Waals surface area (Å²) in [6, 6.07) is 11.7. The summed E-state index contributed by atoms with van der Waals surface area (Å²) in [6.45, 7) is 6.07. The molecule has 0 spiro atoms. The average molecular weight is 335 g/mol. The molecule has 5 heteroatoms. The summed E-state index contributed by atoms with van der Waals surface area (Å²) >= 11 is 0. The second-order valence-corrected chi connectivity index (χ2v) is 6.07. The summed E-state index contributed by atoms with van der Waals surface area (Å²) in [5.74, 6) is 0.208. The van der Waals surface area contributed by atoms with E-state index in [0.717, 1.165) is 17.7 Å². The van der Waals surface area contributed by atoms with E-state index in [1.807, 2.05) is 44.2 Å². The van der Waals surface area contributed by atoms with E-state index in [1.54, 1.807) is 23.4 Å². The first kappa shape index (κ1) is 16.9. The van der Waals surface area contributed by atoms with Gasteiger partial charge in [-0.25, -0.2) is 4.98 Å². The third-order valence-electron chi connectivity index (χ3n) is 3.99. The van der Waals surface area contributed by atoms with Crippen LogP contribution in [-0.4, -0.2) is 21.9 Å². The Hall–Kier alpha value is -2.95. The highest BCUT2D eigenvalue weighted by Crippen LogP contribution is 2.23. The molecule has 2 heterocycles. The highest BCUT2D eigenvalue weighted by Gasteiger charge is 2.24. The molecule has 3 rings (SSSR count). The molecule has 25 heavy (non-hydrogen) atoms. The van der Waals surface area contributed by atoms with Crippen LogP contribution < -0.4 is 4.90 Å². The maximum Gasteiger partial charge on any atom is 0.280 e. The van der Waals surface area contributed by atoms with Crippen molar-refractivity contribution >= 4 is 11.6 Å². The number of rotatable bonds is 5. The molecule has 5 nitrogen and oxygen atoms in total. The van der Waals surface area contributed by atoms with Crippen molar-refractivity contribution in [1.82, 2.24) is 9.97 Å². The predicted octanol–water partition coefficient (Wildman–Crippen LogP) is 4.35. The Morgan fingerprint density at radius 2 is 1.96 bits per heavy atom. The van der Waals surface area contributed by atoms with Crippen LogP contribution in [0.3, 0.4) is 0 Å². The van der Waals surface area contributed by atoms with Crippen LogP contribution in [0.1, 0.15) is 36.8 Å². The lowest BCUT2D eigenvalue weighted by atomic mass is 10.1. The van der Waals surface area contributed by atoms with Gasteiger partial charge in [0, 0.05) is 24.1 Å². The molecule has 0 fully saturated rings. The van der Waals surface area contributed by atoms with Crippen molar-refractivity contribution in [3.63, 3.8) is 0 Å². The first-order valence-corrected chi connectivity index (χ1v) is 8.38. The largest absolute Gasteiger partial charge is 0.444 e. The predicted molar refractivity (Wildman–Crippen MR) is 97.5 cm³/mol. The molecule has 3 aromatic rings. The second-order valence-electron chi connectivity index (χ2n) is 6.07. The lowest BCUT2D eigenvalue weighted by molar-refractivity contribution is 0.0975. The number of oxazole rings is 1. The van der Waals surface area contributed by atoms with E-state index < -0.39 is 0 Å². The standard InChI is InChI=1S/C20H21N3O2/c1-4-15-7-9-17(10-8-15)23(14(2)3)20(24)18-13-25-19(22-18)16-6-5-11-21-12-16/h5-14H,4H2,1-3H3. The number of anilines is 1. The number of carbonyl (C=O) groups excluding carboxylic acids is 1. The van der Waals surface area contributed by atoms with Gasteiger partial charge in [-0.15, -0.1) is 0 Å². The molecule has 128 valence electrons. The highest BCUT2D eigenvalue weighted by atomic mass is 16.3. The van der Waals surface area contributed by atoms with Gasteiger partial charge in [0.15, 0.2) is 5.69 Å². The number of aromatic nitrogens is 2. The van der Waals surface area contributed by atoms with Crippen molar-refractivity contribution < 1.29 is 9.21 Å². The number of amides is 1. The summed E-state index contributed by atoms with van der Waals surface area (Å²) in [4.78, 5) is 23.1. The number of hydrogen-bond donors (Lipinski definition) is 0. The summed E-state index contributed by atoms with van der Waals surface area (Å²) in [6.07, 6.45) is 5.71. The normalized spacial score (nSPS) is 10.9. The quantitative estimate of drug-likeness (QED) is 0.695. The number of pyridine rings is 1. The van der Waals surface area contributed by atoms with Crippen molar-refractivity contribution in [1.29, 1.82) is 0 Å². The Labute approximate surface area is 147 Å². The van der Waals surface area contributed by atoms with E-state index in [4.69, 9.17) is 4.42 Å². The Morgan fingerprint density at radius 3 is 2.56 bits per heavy atom. The number of benzene rings is 1. The number of nitrogens with zero attached hydrogens (tertiary/aromatic N) is 3. The zero-order valence-electron chi connectivity index (χ0n) is 14.6. The molecule has 0 N–H and O–H groups in total. The van der Waals surface area contributed by atoms with E-state index in [9.17, 15) is 4.79 Å². The second kappa shape index (κ2) is 7.30. The fraction of sp³-hybridized carbons (Fsp3) is 0.250. The molecule has 0 unspecified atom stereocenters. The minimum atomic E-state index is -0.182. The van der Waals surface area contributed by atoms with E-state index in [-0.39, 0.29) is 17.6 Å². The van der Waals surface area contributed by atoms with Crippen molar-refractivity contribution in [2.24, 2.45) is 0 Å². The molecule has 0 aliphatic rings. The Kier molecular flexibility index (Phi) is 4.93. The van der Waals surface area contributed by atoms with E-state index in [0.29, 0.717) is 5.89 Å². The molecule has 1 aromatic carbocycles. The highest BCUT2D eigenvalue weighted by molar-refractivity contribution is 6.05. The van der Waals surface area contributed by atoms with Crippen LogP contribution in [-0.2, 0) is 6.42 Å². The molecule has 0 saturated heterocycles. The molecule has 0 aliphatic carbocycles. The Morgan fingerprint density at radius 1 is 1.20 bits per heavy atom. The molecule has 0 atom stereocenters. The van der Waals surface area contributed by atoms with Gasteiger partial charge in [-0.1, -0.05) is 19.1 Å². The third-order valence-corrected chi connectivity index (χ3v) is 3.99. The monoisotopic (exact) mass is 335 g/mol. The Bertz CT molecular complexity index is 839. The van der Waals surface area contributed by atoms with Crippen LogP contribution in [0.25, 0.3) is 11.5 Å². The lowest BCUT2D eigenvalue weighted by Crippen LogP contribution is -2.37. The molecule has 0 radical (unpaired) electrons. The zero-order valence-corrected chi connectivity index (χ0v) is 14.6. The minimum absolute atomic E-state index is 0.00137. The van der Waals surface area contributed by atoms with Crippen molar-refractivity contribution in [3.8, 4) is 11.5 Å². The zero-order chi connectivity index (χ0) is 17.8. The van der Waals surface area contributed by atoms with Crippen molar-refractivity contribution in [2.75, 3.05) is 4.90 Å². The van der Waals surface area contributed by atoms with Crippen LogP contribution >= 0.6 is 0 Å². The average Bonchev–Trinajstić information content (AvgIpc) is 3.13. The molecule has 0 saturated carbocycles. The van der Waals surface area contributed by atoms with Gasteiger partial charge in [0.1, 0.15) is 6.26 Å². The van der Waals surface area contributed by atoms with Crippen LogP contribution in [0.4, 0.5) is 5.69 Å². The summed E-state index contributed by atoms with van der Waals surface area (Å²) in [5, 5.41) is 0. The van der Waals surface area contributed by atoms with Gasteiger partial charge in [-0.3, -0.25) is 9.78 Å². The smallest absolute Gasteiger partial charge is 0.280 e. The van der Waals surface area contributed by atoms with Gasteiger partial charge in [-0.2, -0.15) is 0 Å². The fourth-order valence-corrected chi connectivity index (χ4v) is 2.66. The molecule has 0 aliphatic heterocycles. The fourth-order valence-electron chi connectivity index (χ4n) is 2.66. The van der Waals surface area contributed by atoms with Gasteiger partial charge >= 0.3 is 0 Å². The molecule has 1 amide bonds. The van der Waals surface area contributed by atoms with Crippen molar-refractivity contribution in [2.45, 2.75) is 33.2 Å². The van der Waals surface area contributed by atoms with Gasteiger partial charge in [0.25, 0.3) is 5.91 Å². The van der Waals surface area contributed by atoms with E-state index in [2.05, 4.69) is 16.9 Å². The first-order chi connectivity index (χ1) is 12.1. The maximum absolute atomic E-state index is 13.0. The topological polar surface area (TPSA) is 59.2 Å². The van der Waals surface area contributed by atoms with Gasteiger partial charge in [0.05, 0.1) is 5.56 Å². The van der Waals surface area contributed by atoms with Crippen LogP contribution in [0, 0.1) is 0 Å². The maximum atomic E-state index is 13.0. The SMILES string of the molecule is CCc1ccc(N(C(=O)c2coc(-c3cccnc3)n2)C(C)C)cc1. The summed E-state index contributed by atoms with van der Waals surface area (Å²) in [7, 11) is 0. The summed E-state index contributed by atoms with van der Waals surface area (Å²) < 4.78 is 5.48. The van der Waals surface area contributed by atoms with Crippen LogP contribution in [0.2, 0.25) is 0 Å². The number of carbonyl (C=O) groups is 1. The minimum Gasteiger partial charge on any atom is -0.444 e. The van der Waals surface area contributed by atoms with Crippen LogP contribution in [0.5, 0.6) is 0 Å². The van der Waals surface area contributed by atoms with E-state index >= 15 is 0 Å². The number of hydrogen-bond acceptors (Lipinski definition) is 4. The van der Waals surface area contributed by atoms with Gasteiger partial charge in [-0.05, 0) is 50.1 Å². The van der Waals surface area contributed by atoms with Gasteiger partial charge < -0.3 is 9.32 Å². The Balaban J connectivity index is 1.89. The van der Waals surface area contributed by atoms with Crippen molar-refractivity contribution in [3.05, 3.63) is 66.3 Å². The molecule has 2 aromatic heterocycles. The molecular weight excluding hydrogens is 314 g/mol. The first-order valence-electron chi connectivity index (χ1n) is 8.38. The third kappa shape index (κ3) is 3.60. The number of aryl methyl sites for hydroxylation is 1. The molecular formula is C20H21N3O2. The van der Waals surface area contributed by atoms with Crippen LogP contribution in [0.15, 0.2) is 59.5 Å². The summed E-state index contributed by atoms with van der Waals surface area (Å²) in [5.41, 5.74) is 3.11.